The van der Waals surface area contributed by atoms with Crippen LogP contribution in [0.15, 0.2) is 30.3 Å². The number of piperazine rings is 1. The summed E-state index contributed by atoms with van der Waals surface area (Å²) in [5.74, 6) is -4.27. The van der Waals surface area contributed by atoms with Gasteiger partial charge in [0.25, 0.3) is 0 Å². The van der Waals surface area contributed by atoms with E-state index in [0.717, 1.165) is 5.56 Å². The van der Waals surface area contributed by atoms with Gasteiger partial charge in [-0.3, -0.25) is 19.3 Å². The van der Waals surface area contributed by atoms with Gasteiger partial charge >= 0.3 is 18.1 Å². The first-order valence-electron chi connectivity index (χ1n) is 10.2. The first-order valence-corrected chi connectivity index (χ1v) is 10.2. The number of carbonyl (C=O) groups excluding carboxylic acids is 2. The number of rotatable bonds is 3. The van der Waals surface area contributed by atoms with Crippen molar-refractivity contribution in [2.24, 2.45) is 5.92 Å². The molecular weight excluding hydrogens is 447 g/mol. The molecule has 2 fully saturated rings. The molecule has 2 N–H and O–H groups in total. The Morgan fingerprint density at radius 1 is 0.939 bits per heavy atom. The molecule has 2 aliphatic rings. The number of halogens is 3. The fourth-order valence-corrected chi connectivity index (χ4v) is 3.76. The van der Waals surface area contributed by atoms with E-state index in [0.29, 0.717) is 39.1 Å². The van der Waals surface area contributed by atoms with Gasteiger partial charge in [-0.05, 0) is 5.56 Å². The van der Waals surface area contributed by atoms with Crippen LogP contribution in [0.25, 0.3) is 0 Å². The summed E-state index contributed by atoms with van der Waals surface area (Å²) < 4.78 is 31.7. The van der Waals surface area contributed by atoms with Crippen LogP contribution < -0.4 is 0 Å². The molecule has 33 heavy (non-hydrogen) atoms. The average Bonchev–Trinajstić information content (AvgIpc) is 2.93. The van der Waals surface area contributed by atoms with E-state index in [2.05, 4.69) is 4.90 Å². The van der Waals surface area contributed by atoms with Crippen molar-refractivity contribution in [3.8, 4) is 0 Å². The van der Waals surface area contributed by atoms with E-state index in [-0.39, 0.29) is 24.4 Å². The number of aliphatic carboxylic acids is 2. The lowest BCUT2D eigenvalue weighted by Gasteiger charge is -2.41. The number of amides is 2. The lowest BCUT2D eigenvalue weighted by atomic mass is 10.1. The van der Waals surface area contributed by atoms with Crippen LogP contribution >= 0.6 is 0 Å². The summed E-state index contributed by atoms with van der Waals surface area (Å²) in [5, 5.41) is 16.6. The molecular formula is C21H26F3N3O6. The second-order valence-corrected chi connectivity index (χ2v) is 7.91. The fraction of sp³-hybridized carbons (Fsp3) is 0.524. The molecule has 0 bridgehead atoms. The molecule has 9 nitrogen and oxygen atoms in total. The van der Waals surface area contributed by atoms with Gasteiger partial charge < -0.3 is 20.0 Å². The predicted octanol–water partition coefficient (Wildman–Crippen LogP) is 0.938. The highest BCUT2D eigenvalue weighted by Crippen LogP contribution is 2.20. The Hall–Kier alpha value is -3.15. The number of fused-ring (bicyclic) bond motifs is 1. The summed E-state index contributed by atoms with van der Waals surface area (Å²) in [7, 11) is 0. The Morgan fingerprint density at radius 2 is 1.52 bits per heavy atom. The van der Waals surface area contributed by atoms with Crippen molar-refractivity contribution in [1.29, 1.82) is 0 Å². The molecule has 2 unspecified atom stereocenters. The van der Waals surface area contributed by atoms with Crippen molar-refractivity contribution in [3.63, 3.8) is 0 Å². The summed E-state index contributed by atoms with van der Waals surface area (Å²) >= 11 is 0. The minimum Gasteiger partial charge on any atom is -0.481 e. The number of carbonyl (C=O) groups is 4. The van der Waals surface area contributed by atoms with E-state index >= 15 is 0 Å². The third-order valence-corrected chi connectivity index (χ3v) is 5.52. The molecule has 2 aliphatic heterocycles. The zero-order valence-corrected chi connectivity index (χ0v) is 18.0. The van der Waals surface area contributed by atoms with Gasteiger partial charge in [0.05, 0.1) is 12.3 Å². The average molecular weight is 473 g/mol. The van der Waals surface area contributed by atoms with E-state index in [1.807, 2.05) is 35.2 Å². The van der Waals surface area contributed by atoms with Gasteiger partial charge in [-0.1, -0.05) is 30.3 Å². The highest BCUT2D eigenvalue weighted by atomic mass is 19.4. The van der Waals surface area contributed by atoms with Crippen LogP contribution in [0.4, 0.5) is 13.2 Å². The Bertz CT molecular complexity index is 865. The van der Waals surface area contributed by atoms with E-state index in [1.54, 1.807) is 4.90 Å². The van der Waals surface area contributed by atoms with Gasteiger partial charge in [-0.25, -0.2) is 4.79 Å². The number of hydrogen-bond donors (Lipinski definition) is 2. The topological polar surface area (TPSA) is 118 Å². The third kappa shape index (κ3) is 7.74. The number of benzene rings is 1. The van der Waals surface area contributed by atoms with Crippen LogP contribution in [0.1, 0.15) is 12.5 Å². The Balaban J connectivity index is 0.000000479. The van der Waals surface area contributed by atoms with Crippen LogP contribution in [0, 0.1) is 5.92 Å². The largest absolute Gasteiger partial charge is 0.490 e. The minimum atomic E-state index is -5.08. The molecule has 182 valence electrons. The molecule has 0 aliphatic carbocycles. The molecule has 12 heteroatoms. The maximum absolute atomic E-state index is 12.6. The molecule has 0 aromatic heterocycles. The van der Waals surface area contributed by atoms with Crippen LogP contribution in [-0.4, -0.2) is 100 Å². The molecule has 3 rings (SSSR count). The number of hydrogen-bond acceptors (Lipinski definition) is 5. The van der Waals surface area contributed by atoms with Crippen LogP contribution in [0.5, 0.6) is 0 Å². The second kappa shape index (κ2) is 11.1. The molecule has 2 amide bonds. The molecule has 0 saturated carbocycles. The monoisotopic (exact) mass is 473 g/mol. The van der Waals surface area contributed by atoms with Gasteiger partial charge in [-0.15, -0.1) is 0 Å². The minimum absolute atomic E-state index is 0.0169. The Labute approximate surface area is 188 Å². The molecule has 2 heterocycles. The molecule has 0 spiro atoms. The zero-order valence-electron chi connectivity index (χ0n) is 18.0. The van der Waals surface area contributed by atoms with E-state index in [9.17, 15) is 32.7 Å². The van der Waals surface area contributed by atoms with Crippen molar-refractivity contribution in [2.75, 3.05) is 39.3 Å². The van der Waals surface area contributed by atoms with E-state index in [1.165, 1.54) is 6.92 Å². The highest BCUT2D eigenvalue weighted by molar-refractivity contribution is 5.79. The summed E-state index contributed by atoms with van der Waals surface area (Å²) in [6.07, 6.45) is -4.72. The number of carboxylic acids is 2. The van der Waals surface area contributed by atoms with Gasteiger partial charge in [-0.2, -0.15) is 13.2 Å². The van der Waals surface area contributed by atoms with Gasteiger partial charge in [0.15, 0.2) is 0 Å². The van der Waals surface area contributed by atoms with Crippen molar-refractivity contribution < 1.29 is 42.6 Å². The molecule has 0 radical (unpaired) electrons. The Morgan fingerprint density at radius 3 is 2.03 bits per heavy atom. The maximum atomic E-state index is 12.6. The summed E-state index contributed by atoms with van der Waals surface area (Å²) in [4.78, 5) is 50.5. The zero-order chi connectivity index (χ0) is 24.8. The predicted molar refractivity (Wildman–Crippen MR) is 109 cm³/mol. The summed E-state index contributed by atoms with van der Waals surface area (Å²) in [6.45, 7) is 4.35. The molecule has 2 atom stereocenters. The van der Waals surface area contributed by atoms with Gasteiger partial charge in [0, 0.05) is 52.2 Å². The van der Waals surface area contributed by atoms with Crippen LogP contribution in [0.2, 0.25) is 0 Å². The molecule has 2 saturated heterocycles. The second-order valence-electron chi connectivity index (χ2n) is 7.91. The fourth-order valence-electron chi connectivity index (χ4n) is 3.76. The molecule has 1 aromatic rings. The summed E-state index contributed by atoms with van der Waals surface area (Å²) in [5.41, 5.74) is 0.983. The summed E-state index contributed by atoms with van der Waals surface area (Å²) in [6, 6.07) is 9.62. The highest BCUT2D eigenvalue weighted by Gasteiger charge is 2.39. The van der Waals surface area contributed by atoms with Gasteiger partial charge in [0.1, 0.15) is 0 Å². The van der Waals surface area contributed by atoms with Crippen molar-refractivity contribution in [2.45, 2.75) is 25.6 Å². The van der Waals surface area contributed by atoms with Crippen LogP contribution in [0.3, 0.4) is 0 Å². The first-order chi connectivity index (χ1) is 15.4. The third-order valence-electron chi connectivity index (χ3n) is 5.52. The van der Waals surface area contributed by atoms with E-state index < -0.39 is 24.0 Å². The quantitative estimate of drug-likeness (QED) is 0.671. The van der Waals surface area contributed by atoms with E-state index in [4.69, 9.17) is 9.90 Å². The SMILES string of the molecule is CC(=O)N1CC(C(=O)O)CN2CCN(C(=O)Cc3ccccc3)CC2C1.O=C(O)C(F)(F)F. The van der Waals surface area contributed by atoms with Crippen LogP contribution in [-0.2, 0) is 25.6 Å². The lowest BCUT2D eigenvalue weighted by Crippen LogP contribution is -2.57. The molecule has 1 aromatic carbocycles. The first kappa shape index (κ1) is 26.1. The lowest BCUT2D eigenvalue weighted by molar-refractivity contribution is -0.192. The number of nitrogens with zero attached hydrogens (tertiary/aromatic N) is 3. The van der Waals surface area contributed by atoms with Gasteiger partial charge in [0.2, 0.25) is 11.8 Å². The number of alkyl halides is 3. The normalized spacial score (nSPS) is 21.2. The number of carboxylic acid groups (broad SMARTS) is 2. The smallest absolute Gasteiger partial charge is 0.481 e. The standard InChI is InChI=1S/C19H25N3O4.C2HF3O2/c1-14(23)22-11-16(19(25)26)10-20-7-8-21(12-17(20)13-22)18(24)9-15-5-3-2-4-6-15;3-2(4,5)1(6)7/h2-6,16-17H,7-13H2,1H3,(H,25,26);(H,6,7). The Kier molecular flexibility index (Phi) is 8.80. The van der Waals surface area contributed by atoms with Crippen molar-refractivity contribution in [3.05, 3.63) is 35.9 Å². The maximum Gasteiger partial charge on any atom is 0.490 e. The van der Waals surface area contributed by atoms with Crippen molar-refractivity contribution >= 4 is 23.8 Å². The van der Waals surface area contributed by atoms with Crippen molar-refractivity contribution in [1.82, 2.24) is 14.7 Å².